The van der Waals surface area contributed by atoms with Crippen LogP contribution in [0.15, 0.2) is 173 Å². The Morgan fingerprint density at radius 3 is 2.11 bits per heavy atom. The molecular weight excluding hydrogens is 663 g/mol. The van der Waals surface area contributed by atoms with Gasteiger partial charge in [0, 0.05) is 44.5 Å². The van der Waals surface area contributed by atoms with Crippen molar-refractivity contribution in [2.45, 2.75) is 12.8 Å². The molecule has 5 aromatic carbocycles. The van der Waals surface area contributed by atoms with Gasteiger partial charge in [-0.25, -0.2) is 15.0 Å². The molecule has 54 heavy (non-hydrogen) atoms. The van der Waals surface area contributed by atoms with E-state index in [1.54, 1.807) is 0 Å². The average Bonchev–Trinajstić information content (AvgIpc) is 3.81. The smallest absolute Gasteiger partial charge is 0.164 e. The number of aromatic nitrogens is 3. The van der Waals surface area contributed by atoms with Crippen molar-refractivity contribution < 1.29 is 8.83 Å². The largest absolute Gasteiger partial charge is 0.456 e. The Bertz CT molecular complexity index is 3010. The van der Waals surface area contributed by atoms with E-state index in [1.165, 1.54) is 11.1 Å². The summed E-state index contributed by atoms with van der Waals surface area (Å²) >= 11 is 0. The predicted molar refractivity (Wildman–Crippen MR) is 219 cm³/mol. The molecule has 0 N–H and O–H groups in total. The van der Waals surface area contributed by atoms with Crippen LogP contribution in [0.3, 0.4) is 0 Å². The lowest BCUT2D eigenvalue weighted by Gasteiger charge is -2.23. The highest BCUT2D eigenvalue weighted by Gasteiger charge is 2.23. The van der Waals surface area contributed by atoms with Gasteiger partial charge in [0.25, 0.3) is 0 Å². The Morgan fingerprint density at radius 1 is 0.481 bits per heavy atom. The minimum Gasteiger partial charge on any atom is -0.456 e. The van der Waals surface area contributed by atoms with E-state index in [-0.39, 0.29) is 5.92 Å². The number of allylic oxidation sites excluding steroid dienone is 12. The van der Waals surface area contributed by atoms with Crippen molar-refractivity contribution >= 4 is 60.6 Å². The van der Waals surface area contributed by atoms with Crippen molar-refractivity contribution in [3.8, 4) is 22.5 Å². The second-order valence-corrected chi connectivity index (χ2v) is 14.3. The van der Waals surface area contributed by atoms with Crippen LogP contribution in [-0.2, 0) is 0 Å². The number of para-hydroxylation sites is 1. The quantitative estimate of drug-likeness (QED) is 0.179. The average molecular weight is 696 g/mol. The van der Waals surface area contributed by atoms with E-state index >= 15 is 0 Å². The maximum Gasteiger partial charge on any atom is 0.164 e. The lowest BCUT2D eigenvalue weighted by molar-refractivity contribution is 0.662. The SMILES string of the molecule is C1=CC2C=CC(c3nc(C4=CC=C(c5ccccc5)CC4)nc(-c4cccc5oc6cc(-c7ccc8oc9ccccc9c8c7)ccc6c45)n3)=CC2C=C1. The molecule has 3 heterocycles. The molecule has 256 valence electrons. The predicted octanol–water partition coefficient (Wildman–Crippen LogP) is 12.6. The van der Waals surface area contributed by atoms with Crippen LogP contribution in [0.2, 0.25) is 0 Å². The molecule has 2 atom stereocenters. The topological polar surface area (TPSA) is 65.0 Å². The fourth-order valence-electron chi connectivity index (χ4n) is 8.21. The van der Waals surface area contributed by atoms with E-state index in [2.05, 4.69) is 140 Å². The number of benzene rings is 5. The maximum absolute atomic E-state index is 6.58. The minimum absolute atomic E-state index is 0.271. The molecule has 3 aromatic heterocycles. The van der Waals surface area contributed by atoms with Gasteiger partial charge in [0.2, 0.25) is 0 Å². The van der Waals surface area contributed by atoms with Gasteiger partial charge in [-0.2, -0.15) is 0 Å². The summed E-state index contributed by atoms with van der Waals surface area (Å²) in [4.78, 5) is 15.5. The van der Waals surface area contributed by atoms with Crippen molar-refractivity contribution in [2.75, 3.05) is 0 Å². The molecule has 0 fully saturated rings. The van der Waals surface area contributed by atoms with Crippen LogP contribution >= 0.6 is 0 Å². The molecule has 2 unspecified atom stereocenters. The monoisotopic (exact) mass is 695 g/mol. The van der Waals surface area contributed by atoms with Crippen LogP contribution in [0.4, 0.5) is 0 Å². The van der Waals surface area contributed by atoms with Gasteiger partial charge >= 0.3 is 0 Å². The number of furan rings is 2. The second-order valence-electron chi connectivity index (χ2n) is 14.3. The minimum atomic E-state index is 0.271. The molecule has 0 saturated heterocycles. The summed E-state index contributed by atoms with van der Waals surface area (Å²) in [5.74, 6) is 2.65. The zero-order chi connectivity index (χ0) is 35.6. The van der Waals surface area contributed by atoms with Crippen LogP contribution in [0.1, 0.15) is 30.1 Å². The van der Waals surface area contributed by atoms with Crippen molar-refractivity contribution in [2.24, 2.45) is 11.8 Å². The summed E-state index contributed by atoms with van der Waals surface area (Å²) in [6.45, 7) is 0. The molecule has 0 amide bonds. The standard InChI is InChI=1S/C49H33N3O2/c1-2-9-30(10-3-1)32-17-20-33(21-18-32)47-50-48(37-22-19-31-11-4-5-12-34(31)27-37)52-49(51-47)40-14-8-16-44-46(40)39-25-23-36(29-45(39)54-44)35-24-26-43-41(28-35)38-13-6-7-15-42(38)53-43/h1-17,19-20,22-29,31,34H,18,21H2. The van der Waals surface area contributed by atoms with Crippen LogP contribution in [0.5, 0.6) is 0 Å². The van der Waals surface area contributed by atoms with Crippen LogP contribution in [0, 0.1) is 11.8 Å². The molecule has 5 nitrogen and oxygen atoms in total. The van der Waals surface area contributed by atoms with E-state index < -0.39 is 0 Å². The number of fused-ring (bicyclic) bond motifs is 7. The van der Waals surface area contributed by atoms with Crippen LogP contribution < -0.4 is 0 Å². The summed E-state index contributed by atoms with van der Waals surface area (Å²) in [6, 6.07) is 37.8. The molecule has 8 aromatic rings. The summed E-state index contributed by atoms with van der Waals surface area (Å²) in [5, 5.41) is 4.23. The molecule has 0 radical (unpaired) electrons. The number of rotatable bonds is 5. The lowest BCUT2D eigenvalue weighted by Crippen LogP contribution is -2.13. The maximum atomic E-state index is 6.58. The summed E-state index contributed by atoms with van der Waals surface area (Å²) in [7, 11) is 0. The van der Waals surface area contributed by atoms with Crippen LogP contribution in [0.25, 0.3) is 83.1 Å². The lowest BCUT2D eigenvalue weighted by atomic mass is 9.83. The molecule has 5 heteroatoms. The zero-order valence-corrected chi connectivity index (χ0v) is 29.3. The Morgan fingerprint density at radius 2 is 1.20 bits per heavy atom. The van der Waals surface area contributed by atoms with Crippen molar-refractivity contribution in [3.05, 3.63) is 181 Å². The number of hydrogen-bond acceptors (Lipinski definition) is 5. The summed E-state index contributed by atoms with van der Waals surface area (Å²) < 4.78 is 12.7. The Balaban J connectivity index is 1.04. The second kappa shape index (κ2) is 12.4. The van der Waals surface area contributed by atoms with Gasteiger partial charge in [-0.05, 0) is 77.1 Å². The van der Waals surface area contributed by atoms with Crippen molar-refractivity contribution in [1.82, 2.24) is 15.0 Å². The summed E-state index contributed by atoms with van der Waals surface area (Å²) in [5.41, 5.74) is 11.2. The van der Waals surface area contributed by atoms with Gasteiger partial charge in [0.1, 0.15) is 22.3 Å². The first-order valence-corrected chi connectivity index (χ1v) is 18.6. The van der Waals surface area contributed by atoms with Gasteiger partial charge in [-0.1, -0.05) is 127 Å². The molecule has 0 spiro atoms. The van der Waals surface area contributed by atoms with E-state index in [0.717, 1.165) is 84.6 Å². The van der Waals surface area contributed by atoms with E-state index in [1.807, 2.05) is 24.3 Å². The molecule has 3 aliphatic rings. The first kappa shape index (κ1) is 30.7. The fraction of sp³-hybridized carbons (Fsp3) is 0.0816. The zero-order valence-electron chi connectivity index (χ0n) is 29.3. The molecule has 0 saturated carbocycles. The Labute approximate surface area is 311 Å². The van der Waals surface area contributed by atoms with E-state index in [9.17, 15) is 0 Å². The van der Waals surface area contributed by atoms with Gasteiger partial charge < -0.3 is 8.83 Å². The third-order valence-electron chi connectivity index (χ3n) is 11.0. The first-order chi connectivity index (χ1) is 26.7. The Kier molecular flexibility index (Phi) is 7.05. The van der Waals surface area contributed by atoms with Crippen molar-refractivity contribution in [3.63, 3.8) is 0 Å². The highest BCUT2D eigenvalue weighted by atomic mass is 16.3. The highest BCUT2D eigenvalue weighted by molar-refractivity contribution is 6.13. The van der Waals surface area contributed by atoms with Gasteiger partial charge in [-0.3, -0.25) is 0 Å². The third-order valence-corrected chi connectivity index (χ3v) is 11.0. The number of nitrogens with zero attached hydrogens (tertiary/aromatic N) is 3. The van der Waals surface area contributed by atoms with Crippen molar-refractivity contribution in [1.29, 1.82) is 0 Å². The Hall–Kier alpha value is -6.85. The fourth-order valence-corrected chi connectivity index (χ4v) is 8.21. The molecular formula is C49H33N3O2. The van der Waals surface area contributed by atoms with Gasteiger partial charge in [0.05, 0.1) is 0 Å². The van der Waals surface area contributed by atoms with Gasteiger partial charge in [-0.15, -0.1) is 0 Å². The number of hydrogen-bond donors (Lipinski definition) is 0. The van der Waals surface area contributed by atoms with Crippen LogP contribution in [-0.4, -0.2) is 15.0 Å². The van der Waals surface area contributed by atoms with E-state index in [4.69, 9.17) is 23.8 Å². The molecule has 0 bridgehead atoms. The highest BCUT2D eigenvalue weighted by Crippen LogP contribution is 2.40. The third kappa shape index (κ3) is 5.20. The first-order valence-electron chi connectivity index (χ1n) is 18.6. The van der Waals surface area contributed by atoms with Gasteiger partial charge in [0.15, 0.2) is 17.5 Å². The molecule has 11 rings (SSSR count). The summed E-state index contributed by atoms with van der Waals surface area (Å²) in [6.07, 6.45) is 21.6. The molecule has 0 aliphatic heterocycles. The van der Waals surface area contributed by atoms with E-state index in [0.29, 0.717) is 23.4 Å². The normalized spacial score (nSPS) is 18.0. The molecule has 3 aliphatic carbocycles.